The van der Waals surface area contributed by atoms with Gasteiger partial charge in [-0.2, -0.15) is 8.78 Å². The number of nitrogens with one attached hydrogen (secondary N) is 1. The first kappa shape index (κ1) is 29.1. The Morgan fingerprint density at radius 3 is 2.46 bits per heavy atom. The quantitative estimate of drug-likeness (QED) is 0.229. The fourth-order valence-electron chi connectivity index (χ4n) is 3.34. The Bertz CT molecular complexity index is 1350. The Balaban J connectivity index is 1.90. The standard InChI is InChI=1S/C22H19Cl3F2IN5O4/c23-13-6-4-12(5-7-13)19-31-33(21(36)32(19)9-8-22(26,27)28)10-17(34)30-16(11-37-20(29)35)14-2-1-3-15(24)18(14)25/h1-7,16H,8-11H2,(H2,29,35)(H,30,34). The minimum absolute atomic E-state index is 0.0848. The molecule has 2 aromatic carbocycles. The molecule has 1 atom stereocenters. The normalized spacial score (nSPS) is 12.3. The second-order valence-corrected chi connectivity index (χ2v) is 10.5. The van der Waals surface area contributed by atoms with Gasteiger partial charge in [-0.1, -0.05) is 46.9 Å². The van der Waals surface area contributed by atoms with Gasteiger partial charge in [0.25, 0.3) is 3.93 Å². The molecule has 3 aromatic rings. The first-order valence-electron chi connectivity index (χ1n) is 10.5. The Labute approximate surface area is 237 Å². The number of rotatable bonds is 10. The van der Waals surface area contributed by atoms with E-state index in [0.717, 1.165) is 31.8 Å². The third-order valence-electron chi connectivity index (χ3n) is 5.02. The number of amides is 2. The van der Waals surface area contributed by atoms with Crippen LogP contribution in [0.15, 0.2) is 47.3 Å². The van der Waals surface area contributed by atoms with Crippen LogP contribution in [0.3, 0.4) is 0 Å². The van der Waals surface area contributed by atoms with Crippen molar-refractivity contribution >= 4 is 69.4 Å². The van der Waals surface area contributed by atoms with E-state index in [2.05, 4.69) is 10.4 Å². The van der Waals surface area contributed by atoms with E-state index in [-0.39, 0.29) is 29.0 Å². The summed E-state index contributed by atoms with van der Waals surface area (Å²) in [7, 11) is 0. The minimum atomic E-state index is -3.06. The summed E-state index contributed by atoms with van der Waals surface area (Å²) in [5.41, 5.74) is 5.06. The van der Waals surface area contributed by atoms with Gasteiger partial charge in [0.05, 0.1) is 16.1 Å². The molecular formula is C22H19Cl3F2IN5O4. The van der Waals surface area contributed by atoms with E-state index >= 15 is 0 Å². The molecule has 15 heteroatoms. The summed E-state index contributed by atoms with van der Waals surface area (Å²) in [5, 5.41) is 7.55. The first-order chi connectivity index (χ1) is 17.4. The van der Waals surface area contributed by atoms with Crippen molar-refractivity contribution < 1.29 is 23.1 Å². The highest BCUT2D eigenvalue weighted by Gasteiger charge is 2.27. The van der Waals surface area contributed by atoms with Crippen molar-refractivity contribution in [1.82, 2.24) is 19.7 Å². The monoisotopic (exact) mass is 687 g/mol. The number of benzene rings is 2. The molecule has 0 fully saturated rings. The van der Waals surface area contributed by atoms with Crippen LogP contribution in [-0.4, -0.2) is 36.9 Å². The summed E-state index contributed by atoms with van der Waals surface area (Å²) < 4.78 is 30.8. The van der Waals surface area contributed by atoms with Gasteiger partial charge in [0.15, 0.2) is 5.82 Å². The van der Waals surface area contributed by atoms with Crippen LogP contribution in [0.4, 0.5) is 13.6 Å². The number of aromatic nitrogens is 3. The van der Waals surface area contributed by atoms with Crippen molar-refractivity contribution in [2.24, 2.45) is 5.73 Å². The fraction of sp³-hybridized carbons (Fsp3) is 0.273. The molecule has 0 radical (unpaired) electrons. The molecule has 3 N–H and O–H groups in total. The highest BCUT2D eigenvalue weighted by molar-refractivity contribution is 14.1. The average molecular weight is 689 g/mol. The van der Waals surface area contributed by atoms with Crippen LogP contribution in [0.25, 0.3) is 11.4 Å². The van der Waals surface area contributed by atoms with Crippen LogP contribution in [-0.2, 0) is 22.6 Å². The molecule has 0 spiro atoms. The molecule has 1 heterocycles. The van der Waals surface area contributed by atoms with E-state index in [1.54, 1.807) is 36.4 Å². The zero-order valence-electron chi connectivity index (χ0n) is 18.8. The molecule has 1 unspecified atom stereocenters. The number of carbonyl (C=O) groups excluding carboxylic acids is 2. The van der Waals surface area contributed by atoms with Crippen molar-refractivity contribution in [1.29, 1.82) is 0 Å². The van der Waals surface area contributed by atoms with Gasteiger partial charge < -0.3 is 15.8 Å². The van der Waals surface area contributed by atoms with Crippen molar-refractivity contribution in [2.75, 3.05) is 6.61 Å². The first-order valence-corrected chi connectivity index (χ1v) is 12.7. The zero-order valence-corrected chi connectivity index (χ0v) is 23.2. The molecule has 0 aliphatic rings. The van der Waals surface area contributed by atoms with Crippen molar-refractivity contribution in [2.45, 2.75) is 29.5 Å². The van der Waals surface area contributed by atoms with Gasteiger partial charge in [0.2, 0.25) is 5.91 Å². The van der Waals surface area contributed by atoms with Crippen LogP contribution in [0, 0.1) is 0 Å². The lowest BCUT2D eigenvalue weighted by molar-refractivity contribution is -0.123. The minimum Gasteiger partial charge on any atom is -0.447 e. The maximum Gasteiger partial charge on any atom is 0.404 e. The van der Waals surface area contributed by atoms with Crippen molar-refractivity contribution in [3.05, 3.63) is 73.6 Å². The van der Waals surface area contributed by atoms with Crippen molar-refractivity contribution in [3.8, 4) is 11.4 Å². The Morgan fingerprint density at radius 2 is 1.84 bits per heavy atom. The van der Waals surface area contributed by atoms with Crippen LogP contribution >= 0.6 is 57.4 Å². The predicted molar refractivity (Wildman–Crippen MR) is 143 cm³/mol. The second-order valence-electron chi connectivity index (χ2n) is 7.68. The average Bonchev–Trinajstić information content (AvgIpc) is 3.12. The lowest BCUT2D eigenvalue weighted by Crippen LogP contribution is -2.38. The van der Waals surface area contributed by atoms with Crippen molar-refractivity contribution in [3.63, 3.8) is 0 Å². The molecule has 1 aromatic heterocycles. The Hall–Kier alpha value is -2.42. The number of carbonyl (C=O) groups is 2. The number of ether oxygens (including phenoxy) is 1. The molecule has 0 saturated heterocycles. The molecule has 0 aliphatic heterocycles. The van der Waals surface area contributed by atoms with Gasteiger partial charge in [-0.25, -0.2) is 14.3 Å². The zero-order chi connectivity index (χ0) is 27.3. The fourth-order valence-corrected chi connectivity index (χ4v) is 4.14. The summed E-state index contributed by atoms with van der Waals surface area (Å²) in [6, 6.07) is 9.98. The van der Waals surface area contributed by atoms with E-state index in [0.29, 0.717) is 16.1 Å². The maximum absolute atomic E-state index is 13.5. The number of nitrogens with two attached hydrogens (primary N) is 1. The van der Waals surface area contributed by atoms with Gasteiger partial charge in [0.1, 0.15) is 13.2 Å². The predicted octanol–water partition coefficient (Wildman–Crippen LogP) is 5.04. The smallest absolute Gasteiger partial charge is 0.404 e. The second kappa shape index (κ2) is 12.4. The Kier molecular flexibility index (Phi) is 9.78. The molecule has 3 rings (SSSR count). The van der Waals surface area contributed by atoms with E-state index in [1.807, 2.05) is 0 Å². The van der Waals surface area contributed by atoms with Gasteiger partial charge in [0, 0.05) is 23.6 Å². The van der Waals surface area contributed by atoms with E-state index in [1.165, 1.54) is 6.07 Å². The van der Waals surface area contributed by atoms with Gasteiger partial charge in [-0.15, -0.1) is 5.10 Å². The largest absolute Gasteiger partial charge is 0.447 e. The summed E-state index contributed by atoms with van der Waals surface area (Å²) >= 11 is 19.2. The summed E-state index contributed by atoms with van der Waals surface area (Å²) in [6.45, 7) is -1.29. The van der Waals surface area contributed by atoms with E-state index < -0.39 is 40.6 Å². The third-order valence-corrected chi connectivity index (χ3v) is 6.65. The van der Waals surface area contributed by atoms with Gasteiger partial charge in [-0.05, 0) is 58.5 Å². The molecule has 0 aliphatic carbocycles. The van der Waals surface area contributed by atoms with Gasteiger partial charge >= 0.3 is 11.8 Å². The number of nitrogens with zero attached hydrogens (tertiary/aromatic N) is 3. The SMILES string of the molecule is NC(=O)OCC(NC(=O)Cn1nc(-c2ccc(Cl)cc2)n(CCC(F)(F)I)c1=O)c1cccc(Cl)c1Cl. The number of hydrogen-bond acceptors (Lipinski definition) is 5. The topological polar surface area (TPSA) is 121 Å². The van der Waals surface area contributed by atoms with Crippen LogP contribution < -0.4 is 16.7 Å². The lowest BCUT2D eigenvalue weighted by Gasteiger charge is -2.20. The number of hydrogen-bond donors (Lipinski definition) is 2. The molecule has 0 bridgehead atoms. The Morgan fingerprint density at radius 1 is 1.16 bits per heavy atom. The van der Waals surface area contributed by atoms with Gasteiger partial charge in [-0.3, -0.25) is 9.36 Å². The summed E-state index contributed by atoms with van der Waals surface area (Å²) in [6.07, 6.45) is -1.71. The summed E-state index contributed by atoms with van der Waals surface area (Å²) in [4.78, 5) is 37.1. The molecule has 0 saturated carbocycles. The number of halogens is 6. The number of primary amides is 1. The molecule has 2 amide bonds. The highest BCUT2D eigenvalue weighted by Crippen LogP contribution is 2.30. The lowest BCUT2D eigenvalue weighted by atomic mass is 10.1. The number of alkyl halides is 3. The molecule has 37 heavy (non-hydrogen) atoms. The third kappa shape index (κ3) is 8.03. The highest BCUT2D eigenvalue weighted by atomic mass is 127. The van der Waals surface area contributed by atoms with E-state index in [9.17, 15) is 23.2 Å². The van der Waals surface area contributed by atoms with Crippen LogP contribution in [0.5, 0.6) is 0 Å². The maximum atomic E-state index is 13.5. The summed E-state index contributed by atoms with van der Waals surface area (Å²) in [5.74, 6) is -0.621. The van der Waals surface area contributed by atoms with E-state index in [4.69, 9.17) is 45.3 Å². The van der Waals surface area contributed by atoms with Crippen LogP contribution in [0.1, 0.15) is 18.0 Å². The molecular weight excluding hydrogens is 670 g/mol. The van der Waals surface area contributed by atoms with Crippen LogP contribution in [0.2, 0.25) is 15.1 Å². The molecule has 198 valence electrons. The molecule has 9 nitrogen and oxygen atoms in total.